The summed E-state index contributed by atoms with van der Waals surface area (Å²) in [7, 11) is 1.64. The lowest BCUT2D eigenvalue weighted by molar-refractivity contribution is 0.263. The highest BCUT2D eigenvalue weighted by Crippen LogP contribution is 2.26. The van der Waals surface area contributed by atoms with E-state index in [1.165, 1.54) is 5.56 Å². The van der Waals surface area contributed by atoms with E-state index >= 15 is 0 Å². The van der Waals surface area contributed by atoms with Crippen molar-refractivity contribution in [3.05, 3.63) is 29.3 Å². The number of benzene rings is 1. The van der Waals surface area contributed by atoms with Crippen molar-refractivity contribution in [2.45, 2.75) is 30.9 Å². The first kappa shape index (κ1) is 16.2. The van der Waals surface area contributed by atoms with Crippen molar-refractivity contribution in [2.75, 3.05) is 26.8 Å². The Morgan fingerprint density at radius 2 is 2.05 bits per heavy atom. The topological polar surface area (TPSA) is 32.7 Å². The first-order chi connectivity index (χ1) is 10.1. The van der Waals surface area contributed by atoms with Crippen LogP contribution in [0.5, 0.6) is 5.75 Å². The summed E-state index contributed by atoms with van der Waals surface area (Å²) in [5.41, 5.74) is 2.08. The van der Waals surface area contributed by atoms with Crippen molar-refractivity contribution in [3.63, 3.8) is 0 Å². The zero-order valence-electron chi connectivity index (χ0n) is 12.9. The molecule has 1 saturated heterocycles. The molecule has 4 heteroatoms. The molecule has 2 rings (SSSR count). The molecule has 1 aromatic carbocycles. The molecule has 0 saturated carbocycles. The minimum Gasteiger partial charge on any atom is -0.495 e. The van der Waals surface area contributed by atoms with Gasteiger partial charge in [0.05, 0.1) is 12.7 Å². The molecule has 2 unspecified atom stereocenters. The molecular formula is C17H23NO2S. The van der Waals surface area contributed by atoms with Crippen LogP contribution in [0.25, 0.3) is 0 Å². The number of thioether (sulfide) groups is 1. The Labute approximate surface area is 131 Å². The summed E-state index contributed by atoms with van der Waals surface area (Å²) in [5, 5.41) is 10.2. The normalized spacial score (nSPS) is 22.5. The number of nitrogens with zero attached hydrogens (tertiary/aromatic N) is 1. The number of hydrogen-bond donors (Lipinski definition) is 1. The van der Waals surface area contributed by atoms with Crippen LogP contribution in [-0.2, 0) is 6.54 Å². The number of rotatable bonds is 3. The predicted octanol–water partition coefficient (Wildman–Crippen LogP) is 2.36. The quantitative estimate of drug-likeness (QED) is 0.869. The van der Waals surface area contributed by atoms with Gasteiger partial charge in [-0.2, -0.15) is 11.8 Å². The average molecular weight is 305 g/mol. The number of ether oxygens (including phenoxy) is 1. The van der Waals surface area contributed by atoms with Crippen LogP contribution in [0.4, 0.5) is 0 Å². The van der Waals surface area contributed by atoms with Crippen molar-refractivity contribution in [3.8, 4) is 17.6 Å². The molecule has 1 heterocycles. The average Bonchev–Trinajstić information content (AvgIpc) is 2.44. The van der Waals surface area contributed by atoms with Gasteiger partial charge in [-0.15, -0.1) is 0 Å². The maximum absolute atomic E-state index is 8.85. The van der Waals surface area contributed by atoms with Crippen LogP contribution >= 0.6 is 11.8 Å². The van der Waals surface area contributed by atoms with Gasteiger partial charge in [0, 0.05) is 30.1 Å². The Morgan fingerprint density at radius 1 is 1.33 bits per heavy atom. The van der Waals surface area contributed by atoms with Crippen LogP contribution < -0.4 is 4.74 Å². The molecule has 21 heavy (non-hydrogen) atoms. The fourth-order valence-electron chi connectivity index (χ4n) is 2.76. The van der Waals surface area contributed by atoms with E-state index < -0.39 is 0 Å². The van der Waals surface area contributed by atoms with Gasteiger partial charge in [-0.1, -0.05) is 31.8 Å². The molecule has 1 N–H and O–H groups in total. The highest BCUT2D eigenvalue weighted by Gasteiger charge is 2.22. The van der Waals surface area contributed by atoms with Gasteiger partial charge in [0.2, 0.25) is 0 Å². The third-order valence-electron chi connectivity index (χ3n) is 3.47. The van der Waals surface area contributed by atoms with Gasteiger partial charge < -0.3 is 9.84 Å². The lowest BCUT2D eigenvalue weighted by atomic mass is 10.1. The van der Waals surface area contributed by atoms with Gasteiger partial charge in [0.15, 0.2) is 0 Å². The maximum Gasteiger partial charge on any atom is 0.134 e. The van der Waals surface area contributed by atoms with E-state index in [0.717, 1.165) is 30.9 Å². The summed E-state index contributed by atoms with van der Waals surface area (Å²) in [4.78, 5) is 2.50. The zero-order valence-corrected chi connectivity index (χ0v) is 13.7. The molecule has 0 bridgehead atoms. The summed E-state index contributed by atoms with van der Waals surface area (Å²) in [6.45, 7) is 7.63. The van der Waals surface area contributed by atoms with E-state index in [1.807, 2.05) is 6.07 Å². The molecule has 1 fully saturated rings. The summed E-state index contributed by atoms with van der Waals surface area (Å²) < 4.78 is 5.32. The third kappa shape index (κ3) is 4.67. The maximum atomic E-state index is 8.85. The van der Waals surface area contributed by atoms with E-state index in [9.17, 15) is 0 Å². The van der Waals surface area contributed by atoms with Crippen molar-refractivity contribution >= 4 is 11.8 Å². The van der Waals surface area contributed by atoms with Crippen LogP contribution in [0.15, 0.2) is 18.2 Å². The molecule has 0 radical (unpaired) electrons. The largest absolute Gasteiger partial charge is 0.495 e. The molecule has 1 aliphatic heterocycles. The molecule has 1 aliphatic rings. The molecule has 0 amide bonds. The number of aliphatic hydroxyl groups excluding tert-OH is 1. The van der Waals surface area contributed by atoms with Crippen molar-refractivity contribution in [1.29, 1.82) is 0 Å². The highest BCUT2D eigenvalue weighted by molar-refractivity contribution is 8.00. The van der Waals surface area contributed by atoms with Gasteiger partial charge in [-0.3, -0.25) is 4.90 Å². The number of methoxy groups -OCH3 is 1. The van der Waals surface area contributed by atoms with E-state index in [-0.39, 0.29) is 6.61 Å². The van der Waals surface area contributed by atoms with Crippen LogP contribution in [0.1, 0.15) is 25.0 Å². The molecule has 0 aliphatic carbocycles. The van der Waals surface area contributed by atoms with Crippen LogP contribution in [0, 0.1) is 11.8 Å². The molecule has 0 aromatic heterocycles. The molecule has 114 valence electrons. The summed E-state index contributed by atoms with van der Waals surface area (Å²) >= 11 is 2.06. The highest BCUT2D eigenvalue weighted by atomic mass is 32.2. The third-order valence-corrected chi connectivity index (χ3v) is 4.69. The smallest absolute Gasteiger partial charge is 0.134 e. The number of aliphatic hydroxyl groups is 1. The molecular weight excluding hydrogens is 282 g/mol. The standard InChI is InChI=1S/C17H23NO2S/c1-13-10-18(11-14(2)21-13)12-15-6-7-17(20-3)16(9-15)5-4-8-19/h6-7,9,13-14,19H,8,10-12H2,1-3H3. The summed E-state index contributed by atoms with van der Waals surface area (Å²) in [6, 6.07) is 6.13. The summed E-state index contributed by atoms with van der Waals surface area (Å²) in [6.07, 6.45) is 0. The first-order valence-electron chi connectivity index (χ1n) is 7.27. The van der Waals surface area contributed by atoms with E-state index in [4.69, 9.17) is 9.84 Å². The Bertz CT molecular complexity index is 525. The molecule has 0 spiro atoms. The lowest BCUT2D eigenvalue weighted by Crippen LogP contribution is -2.39. The Hall–Kier alpha value is -1.15. The zero-order chi connectivity index (χ0) is 15.2. The van der Waals surface area contributed by atoms with Crippen molar-refractivity contribution < 1.29 is 9.84 Å². The second-order valence-electron chi connectivity index (χ2n) is 5.45. The Balaban J connectivity index is 2.13. The van der Waals surface area contributed by atoms with E-state index in [1.54, 1.807) is 7.11 Å². The SMILES string of the molecule is COc1ccc(CN2CC(C)SC(C)C2)cc1C#CCO. The fraction of sp³-hybridized carbons (Fsp3) is 0.529. The Morgan fingerprint density at radius 3 is 2.67 bits per heavy atom. The lowest BCUT2D eigenvalue weighted by Gasteiger charge is -2.34. The Kier molecular flexibility index (Phi) is 5.98. The minimum absolute atomic E-state index is 0.133. The van der Waals surface area contributed by atoms with Crippen LogP contribution in [0.2, 0.25) is 0 Å². The van der Waals surface area contributed by atoms with E-state index in [2.05, 4.69) is 54.5 Å². The second kappa shape index (κ2) is 7.74. The number of hydrogen-bond acceptors (Lipinski definition) is 4. The van der Waals surface area contributed by atoms with Crippen LogP contribution in [-0.4, -0.2) is 47.3 Å². The van der Waals surface area contributed by atoms with Crippen molar-refractivity contribution in [1.82, 2.24) is 4.90 Å². The van der Waals surface area contributed by atoms with Gasteiger partial charge in [-0.05, 0) is 17.7 Å². The molecule has 1 aromatic rings. The fourth-order valence-corrected chi connectivity index (χ4v) is 4.14. The molecule has 3 nitrogen and oxygen atoms in total. The van der Waals surface area contributed by atoms with Gasteiger partial charge >= 0.3 is 0 Å². The van der Waals surface area contributed by atoms with Crippen molar-refractivity contribution in [2.24, 2.45) is 0 Å². The second-order valence-corrected chi connectivity index (χ2v) is 7.33. The summed E-state index contributed by atoms with van der Waals surface area (Å²) in [5.74, 6) is 6.41. The molecule has 2 atom stereocenters. The minimum atomic E-state index is -0.133. The van der Waals surface area contributed by atoms with Gasteiger partial charge in [0.25, 0.3) is 0 Å². The van der Waals surface area contributed by atoms with Crippen LogP contribution in [0.3, 0.4) is 0 Å². The van der Waals surface area contributed by atoms with Gasteiger partial charge in [-0.25, -0.2) is 0 Å². The first-order valence-corrected chi connectivity index (χ1v) is 8.21. The van der Waals surface area contributed by atoms with Gasteiger partial charge in [0.1, 0.15) is 12.4 Å². The predicted molar refractivity (Wildman–Crippen MR) is 88.7 cm³/mol. The monoisotopic (exact) mass is 305 g/mol. The van der Waals surface area contributed by atoms with E-state index in [0.29, 0.717) is 10.5 Å².